The van der Waals surface area contributed by atoms with E-state index in [-0.39, 0.29) is 18.1 Å². The van der Waals surface area contributed by atoms with Gasteiger partial charge >= 0.3 is 0 Å². The van der Waals surface area contributed by atoms with Gasteiger partial charge in [0.25, 0.3) is 0 Å². The highest BCUT2D eigenvalue weighted by molar-refractivity contribution is 7.94. The van der Waals surface area contributed by atoms with Gasteiger partial charge in [0.1, 0.15) is 5.76 Å². The highest BCUT2D eigenvalue weighted by atomic mass is 32.2. The summed E-state index contributed by atoms with van der Waals surface area (Å²) in [7, 11) is -3.13. The first-order valence-corrected chi connectivity index (χ1v) is 7.71. The fourth-order valence-electron chi connectivity index (χ4n) is 2.04. The smallest absolute Gasteiger partial charge is 0.220 e. The van der Waals surface area contributed by atoms with Crippen molar-refractivity contribution in [2.24, 2.45) is 0 Å². The maximum absolute atomic E-state index is 11.7. The standard InChI is InChI=1S/C12H16N2O4S/c1-8-11(9(2)18-14-8)3-4-12(15)13-10-5-6-19(16,17)7-10/h5-6,10H,3-4,7H2,1-2H3,(H,13,15). The molecule has 104 valence electrons. The zero-order valence-electron chi connectivity index (χ0n) is 10.8. The number of sulfone groups is 1. The summed E-state index contributed by atoms with van der Waals surface area (Å²) in [5.41, 5.74) is 1.72. The van der Waals surface area contributed by atoms with Crippen LogP contribution in [0.5, 0.6) is 0 Å². The van der Waals surface area contributed by atoms with Crippen molar-refractivity contribution < 1.29 is 17.7 Å². The number of nitrogens with zero attached hydrogens (tertiary/aromatic N) is 1. The van der Waals surface area contributed by atoms with E-state index in [4.69, 9.17) is 4.52 Å². The molecule has 6 nitrogen and oxygen atoms in total. The molecule has 7 heteroatoms. The predicted octanol–water partition coefficient (Wildman–Crippen LogP) is 0.651. The molecule has 19 heavy (non-hydrogen) atoms. The average Bonchev–Trinajstić information content (AvgIpc) is 2.80. The second kappa shape index (κ2) is 5.16. The summed E-state index contributed by atoms with van der Waals surface area (Å²) in [6, 6.07) is -0.415. The van der Waals surface area contributed by atoms with Gasteiger partial charge < -0.3 is 9.84 Å². The zero-order valence-corrected chi connectivity index (χ0v) is 11.7. The number of hydrogen-bond acceptors (Lipinski definition) is 5. The lowest BCUT2D eigenvalue weighted by molar-refractivity contribution is -0.121. The van der Waals surface area contributed by atoms with Crippen molar-refractivity contribution in [1.82, 2.24) is 10.5 Å². The van der Waals surface area contributed by atoms with Gasteiger partial charge in [-0.05, 0) is 26.3 Å². The summed E-state index contributed by atoms with van der Waals surface area (Å²) >= 11 is 0. The number of aromatic nitrogens is 1. The molecule has 0 fully saturated rings. The molecule has 0 saturated heterocycles. The minimum atomic E-state index is -3.13. The van der Waals surface area contributed by atoms with Crippen molar-refractivity contribution in [2.75, 3.05) is 5.75 Å². The highest BCUT2D eigenvalue weighted by Gasteiger charge is 2.23. The van der Waals surface area contributed by atoms with Gasteiger partial charge in [-0.1, -0.05) is 5.16 Å². The molecule has 1 amide bonds. The van der Waals surface area contributed by atoms with Gasteiger partial charge in [0.05, 0.1) is 17.5 Å². The molecular weight excluding hydrogens is 268 g/mol. The third-order valence-electron chi connectivity index (χ3n) is 3.06. The summed E-state index contributed by atoms with van der Waals surface area (Å²) in [6.45, 7) is 3.63. The van der Waals surface area contributed by atoms with Crippen molar-refractivity contribution >= 4 is 15.7 Å². The van der Waals surface area contributed by atoms with Crippen molar-refractivity contribution in [2.45, 2.75) is 32.7 Å². The Balaban J connectivity index is 1.85. The van der Waals surface area contributed by atoms with Crippen LogP contribution in [-0.2, 0) is 21.1 Å². The topological polar surface area (TPSA) is 89.3 Å². The molecule has 0 aromatic carbocycles. The maximum Gasteiger partial charge on any atom is 0.220 e. The van der Waals surface area contributed by atoms with Crippen LogP contribution < -0.4 is 5.32 Å². The van der Waals surface area contributed by atoms with E-state index in [2.05, 4.69) is 10.5 Å². The molecule has 1 unspecified atom stereocenters. The molecule has 0 bridgehead atoms. The van der Waals surface area contributed by atoms with E-state index >= 15 is 0 Å². The van der Waals surface area contributed by atoms with Gasteiger partial charge in [-0.25, -0.2) is 8.42 Å². The molecule has 0 radical (unpaired) electrons. The second-order valence-electron chi connectivity index (χ2n) is 4.63. The Kier molecular flexibility index (Phi) is 3.75. The normalized spacial score (nSPS) is 20.6. The Morgan fingerprint density at radius 3 is 2.79 bits per heavy atom. The van der Waals surface area contributed by atoms with E-state index < -0.39 is 15.9 Å². The second-order valence-corrected chi connectivity index (χ2v) is 6.57. The summed E-state index contributed by atoms with van der Waals surface area (Å²) in [4.78, 5) is 11.7. The van der Waals surface area contributed by atoms with Crippen molar-refractivity contribution in [1.29, 1.82) is 0 Å². The molecule has 1 atom stereocenters. The summed E-state index contributed by atoms with van der Waals surface area (Å²) in [5.74, 6) is 0.491. The fourth-order valence-corrected chi connectivity index (χ4v) is 3.28. The summed E-state index contributed by atoms with van der Waals surface area (Å²) < 4.78 is 27.4. The minimum Gasteiger partial charge on any atom is -0.361 e. The molecular formula is C12H16N2O4S. The Morgan fingerprint density at radius 2 is 2.26 bits per heavy atom. The van der Waals surface area contributed by atoms with Gasteiger partial charge in [-0.3, -0.25) is 4.79 Å². The van der Waals surface area contributed by atoms with Crippen molar-refractivity contribution in [3.05, 3.63) is 28.5 Å². The first kappa shape index (κ1) is 13.8. The molecule has 1 aliphatic heterocycles. The van der Waals surface area contributed by atoms with Crippen LogP contribution in [0.1, 0.15) is 23.4 Å². The molecule has 0 saturated carbocycles. The quantitative estimate of drug-likeness (QED) is 0.877. The Hall–Kier alpha value is -1.63. The van der Waals surface area contributed by atoms with Crippen molar-refractivity contribution in [3.63, 3.8) is 0 Å². The maximum atomic E-state index is 11.7. The number of carbonyl (C=O) groups excluding carboxylic acids is 1. The number of rotatable bonds is 4. The van der Waals surface area contributed by atoms with Crippen LogP contribution >= 0.6 is 0 Å². The lowest BCUT2D eigenvalue weighted by Gasteiger charge is -2.09. The zero-order chi connectivity index (χ0) is 14.0. The fraction of sp³-hybridized carbons (Fsp3) is 0.500. The molecule has 2 heterocycles. The first-order valence-electron chi connectivity index (χ1n) is 5.99. The van der Waals surface area contributed by atoms with E-state index in [0.29, 0.717) is 12.2 Å². The molecule has 0 spiro atoms. The SMILES string of the molecule is Cc1noc(C)c1CCC(=O)NC1C=CS(=O)(=O)C1. The van der Waals surface area contributed by atoms with Crippen LogP contribution in [0.3, 0.4) is 0 Å². The van der Waals surface area contributed by atoms with Gasteiger partial charge in [0.2, 0.25) is 5.91 Å². The third-order valence-corrected chi connectivity index (χ3v) is 4.46. The van der Waals surface area contributed by atoms with E-state index in [1.165, 1.54) is 6.08 Å². The van der Waals surface area contributed by atoms with Crippen LogP contribution in [0.25, 0.3) is 0 Å². The van der Waals surface area contributed by atoms with Crippen LogP contribution in [0.4, 0.5) is 0 Å². The summed E-state index contributed by atoms with van der Waals surface area (Å²) in [5, 5.41) is 7.64. The van der Waals surface area contributed by atoms with E-state index in [1.54, 1.807) is 6.92 Å². The van der Waals surface area contributed by atoms with E-state index in [1.807, 2.05) is 6.92 Å². The highest BCUT2D eigenvalue weighted by Crippen LogP contribution is 2.14. The van der Waals surface area contributed by atoms with Crippen molar-refractivity contribution in [3.8, 4) is 0 Å². The van der Waals surface area contributed by atoms with Gasteiger partial charge in [0, 0.05) is 17.4 Å². The van der Waals surface area contributed by atoms with Gasteiger partial charge in [-0.2, -0.15) is 0 Å². The van der Waals surface area contributed by atoms with Crippen LogP contribution in [0, 0.1) is 13.8 Å². The van der Waals surface area contributed by atoms with E-state index in [9.17, 15) is 13.2 Å². The van der Waals surface area contributed by atoms with Crippen LogP contribution in [0.2, 0.25) is 0 Å². The number of aryl methyl sites for hydroxylation is 2. The van der Waals surface area contributed by atoms with Crippen LogP contribution in [-0.4, -0.2) is 31.3 Å². The largest absolute Gasteiger partial charge is 0.361 e. The Morgan fingerprint density at radius 1 is 1.53 bits per heavy atom. The lowest BCUT2D eigenvalue weighted by atomic mass is 10.1. The molecule has 0 aliphatic carbocycles. The lowest BCUT2D eigenvalue weighted by Crippen LogP contribution is -2.35. The number of hydrogen-bond donors (Lipinski definition) is 1. The first-order chi connectivity index (χ1) is 8.87. The third kappa shape index (κ3) is 3.44. The Bertz CT molecular complexity index is 596. The number of carbonyl (C=O) groups is 1. The molecule has 1 aromatic heterocycles. The van der Waals surface area contributed by atoms with E-state index in [0.717, 1.165) is 16.7 Å². The minimum absolute atomic E-state index is 0.0515. The molecule has 1 aliphatic rings. The number of nitrogens with one attached hydrogen (secondary N) is 1. The predicted molar refractivity (Wildman–Crippen MR) is 69.2 cm³/mol. The monoisotopic (exact) mass is 284 g/mol. The molecule has 1 aromatic rings. The van der Waals surface area contributed by atoms with Gasteiger partial charge in [-0.15, -0.1) is 0 Å². The number of amides is 1. The summed E-state index contributed by atoms with van der Waals surface area (Å²) in [6.07, 6.45) is 2.33. The Labute approximate surface area is 111 Å². The van der Waals surface area contributed by atoms with Crippen LogP contribution in [0.15, 0.2) is 16.0 Å². The molecule has 1 N–H and O–H groups in total. The van der Waals surface area contributed by atoms with Gasteiger partial charge in [0.15, 0.2) is 9.84 Å². The molecule has 2 rings (SSSR count). The average molecular weight is 284 g/mol.